The van der Waals surface area contributed by atoms with Gasteiger partial charge in [-0.25, -0.2) is 0 Å². The second kappa shape index (κ2) is 15.8. The second-order valence-electron chi connectivity index (χ2n) is 15.9. The van der Waals surface area contributed by atoms with E-state index in [1.165, 1.54) is 24.3 Å². The van der Waals surface area contributed by atoms with Gasteiger partial charge in [-0.05, 0) is 119 Å². The monoisotopic (exact) mass is 897 g/mol. The van der Waals surface area contributed by atoms with Crippen LogP contribution in [0.5, 0.6) is 0 Å². The van der Waals surface area contributed by atoms with Crippen LogP contribution in [0.25, 0.3) is 88.4 Å². The van der Waals surface area contributed by atoms with E-state index in [1.54, 1.807) is 94.1 Å². The van der Waals surface area contributed by atoms with Crippen LogP contribution in [0, 0.1) is 56.7 Å². The maximum Gasteiger partial charge on any atom is 0.416 e. The predicted octanol–water partition coefficient (Wildman–Crippen LogP) is 14.3. The molecule has 0 radical (unpaired) electrons. The first-order valence-corrected chi connectivity index (χ1v) is 20.6. The summed E-state index contributed by atoms with van der Waals surface area (Å²) in [6.07, 6.45) is -10.3. The fourth-order valence-corrected chi connectivity index (χ4v) is 9.09. The fourth-order valence-electron chi connectivity index (χ4n) is 9.09. The Kier molecular flexibility index (Phi) is 9.85. The smallest absolute Gasteiger partial charge is 0.309 e. The average molecular weight is 898 g/mol. The third-order valence-corrected chi connectivity index (χ3v) is 12.1. The summed E-state index contributed by atoms with van der Waals surface area (Å²) in [6, 6.07) is 49.4. The largest absolute Gasteiger partial charge is 0.416 e. The molecule has 0 spiro atoms. The summed E-state index contributed by atoms with van der Waals surface area (Å²) in [5.74, 6) is 0. The second-order valence-corrected chi connectivity index (χ2v) is 15.9. The maximum atomic E-state index is 14.6. The van der Waals surface area contributed by atoms with Crippen LogP contribution in [0.1, 0.15) is 38.9 Å². The highest BCUT2D eigenvalue weighted by Gasteiger charge is 2.37. The van der Waals surface area contributed by atoms with Gasteiger partial charge in [-0.1, -0.05) is 60.7 Å². The van der Waals surface area contributed by atoms with Crippen molar-refractivity contribution in [2.45, 2.75) is 12.4 Å². The van der Waals surface area contributed by atoms with Crippen molar-refractivity contribution >= 4 is 43.6 Å². The van der Waals surface area contributed by atoms with Gasteiger partial charge in [-0.15, -0.1) is 0 Å². The molecular weight excluding hydrogens is 873 g/mol. The van der Waals surface area contributed by atoms with Crippen LogP contribution < -0.4 is 0 Å². The minimum Gasteiger partial charge on any atom is -0.309 e. The summed E-state index contributed by atoms with van der Waals surface area (Å²) in [7, 11) is 0. The van der Waals surface area contributed by atoms with E-state index in [2.05, 4.69) is 18.2 Å². The zero-order chi connectivity index (χ0) is 47.6. The van der Waals surface area contributed by atoms with E-state index >= 15 is 0 Å². The number of nitrogens with zero attached hydrogens (tertiary/aromatic N) is 7. The van der Waals surface area contributed by atoms with Crippen molar-refractivity contribution in [3.05, 3.63) is 191 Å². The van der Waals surface area contributed by atoms with Gasteiger partial charge in [-0.2, -0.15) is 52.7 Å². The Morgan fingerprint density at radius 2 is 0.779 bits per heavy atom. The van der Waals surface area contributed by atoms with Crippen LogP contribution in [0.4, 0.5) is 26.3 Å². The molecule has 10 aromatic rings. The number of halogens is 6. The first kappa shape index (κ1) is 42.3. The van der Waals surface area contributed by atoms with E-state index in [-0.39, 0.29) is 39.7 Å². The molecule has 0 bridgehead atoms. The van der Waals surface area contributed by atoms with Crippen molar-refractivity contribution in [1.29, 1.82) is 26.3 Å². The summed E-state index contributed by atoms with van der Waals surface area (Å²) in [5.41, 5.74) is 2.36. The normalized spacial score (nSPS) is 11.6. The highest BCUT2D eigenvalue weighted by atomic mass is 19.4. The fraction of sp³-hybridized carbons (Fsp3) is 0.0364. The highest BCUT2D eigenvalue weighted by Crippen LogP contribution is 2.45. The molecule has 322 valence electrons. The summed E-state index contributed by atoms with van der Waals surface area (Å²) in [4.78, 5) is 0. The van der Waals surface area contributed by atoms with E-state index < -0.39 is 29.0 Å². The third-order valence-electron chi connectivity index (χ3n) is 12.1. The highest BCUT2D eigenvalue weighted by molar-refractivity contribution is 6.12. The Hall–Kier alpha value is -9.61. The lowest BCUT2D eigenvalue weighted by molar-refractivity contribution is -0.143. The van der Waals surface area contributed by atoms with Crippen molar-refractivity contribution in [2.75, 3.05) is 0 Å². The van der Waals surface area contributed by atoms with Gasteiger partial charge < -0.3 is 9.13 Å². The van der Waals surface area contributed by atoms with Crippen molar-refractivity contribution in [1.82, 2.24) is 9.13 Å². The van der Waals surface area contributed by atoms with Crippen LogP contribution >= 0.6 is 0 Å². The summed E-state index contributed by atoms with van der Waals surface area (Å²) < 4.78 is 91.3. The lowest BCUT2D eigenvalue weighted by Gasteiger charge is -2.20. The Balaban J connectivity index is 1.29. The molecule has 2 aromatic heterocycles. The zero-order valence-electron chi connectivity index (χ0n) is 34.8. The molecule has 68 heavy (non-hydrogen) atoms. The van der Waals surface area contributed by atoms with Crippen LogP contribution in [0.3, 0.4) is 0 Å². The van der Waals surface area contributed by atoms with Gasteiger partial charge in [0.25, 0.3) is 0 Å². The topological polar surface area (TPSA) is 129 Å². The molecule has 13 heteroatoms. The first-order chi connectivity index (χ1) is 32.7. The standard InChI is InChI=1S/C55H25F6N7/c56-54(57,58)39-19-35(20-40(24-39)55(59,60)61)45-25-52(67-48-7-3-1-5-43(48)46-21-33(11-15-50(46)67)41-13-9-31(26-62)17-36(41)28-64)38(30-66)23-53(45)68-49-8-4-2-6-44(49)47-22-34(12-16-51(47)68)42-14-10-32(27-63)18-37(42)29-65/h1-25H. The Morgan fingerprint density at radius 1 is 0.338 bits per heavy atom. The molecule has 0 saturated carbocycles. The molecule has 0 aliphatic rings. The van der Waals surface area contributed by atoms with Crippen molar-refractivity contribution < 1.29 is 26.3 Å². The van der Waals surface area contributed by atoms with E-state index in [0.717, 1.165) is 0 Å². The molecule has 10 rings (SSSR count). The van der Waals surface area contributed by atoms with E-state index in [0.29, 0.717) is 89.1 Å². The number of benzene rings is 8. The number of aromatic nitrogens is 2. The Morgan fingerprint density at radius 3 is 1.22 bits per heavy atom. The van der Waals surface area contributed by atoms with Crippen LogP contribution in [-0.2, 0) is 12.4 Å². The molecule has 0 fully saturated rings. The minimum absolute atomic E-state index is 0.0381. The maximum absolute atomic E-state index is 14.6. The lowest BCUT2D eigenvalue weighted by Crippen LogP contribution is -2.11. The molecule has 0 amide bonds. The molecule has 2 heterocycles. The predicted molar refractivity (Wildman–Crippen MR) is 245 cm³/mol. The summed E-state index contributed by atoms with van der Waals surface area (Å²) >= 11 is 0. The molecule has 0 atom stereocenters. The van der Waals surface area contributed by atoms with Crippen LogP contribution in [0.15, 0.2) is 152 Å². The molecule has 7 nitrogen and oxygen atoms in total. The molecule has 0 aliphatic carbocycles. The van der Waals surface area contributed by atoms with Crippen molar-refractivity contribution in [3.63, 3.8) is 0 Å². The molecule has 0 aliphatic heterocycles. The summed E-state index contributed by atoms with van der Waals surface area (Å²) in [6.45, 7) is 0. The van der Waals surface area contributed by atoms with Gasteiger partial charge >= 0.3 is 12.4 Å². The quantitative estimate of drug-likeness (QED) is 0.159. The van der Waals surface area contributed by atoms with E-state index in [4.69, 9.17) is 0 Å². The number of alkyl halides is 6. The van der Waals surface area contributed by atoms with Gasteiger partial charge in [-0.3, -0.25) is 0 Å². The zero-order valence-corrected chi connectivity index (χ0v) is 34.8. The van der Waals surface area contributed by atoms with Gasteiger partial charge in [0.05, 0.1) is 96.7 Å². The number of para-hydroxylation sites is 2. The number of hydrogen-bond acceptors (Lipinski definition) is 5. The van der Waals surface area contributed by atoms with Crippen LogP contribution in [-0.4, -0.2) is 9.13 Å². The molecular formula is C55H25F6N7. The number of nitriles is 5. The van der Waals surface area contributed by atoms with E-state index in [1.807, 2.05) is 36.4 Å². The molecule has 0 saturated heterocycles. The Labute approximate surface area is 382 Å². The van der Waals surface area contributed by atoms with Crippen LogP contribution in [0.2, 0.25) is 0 Å². The number of fused-ring (bicyclic) bond motifs is 6. The van der Waals surface area contributed by atoms with Gasteiger partial charge in [0, 0.05) is 27.1 Å². The lowest BCUT2D eigenvalue weighted by atomic mass is 9.95. The molecule has 8 aromatic carbocycles. The Bertz CT molecular complexity index is 3990. The van der Waals surface area contributed by atoms with Gasteiger partial charge in [0.15, 0.2) is 0 Å². The number of hydrogen-bond donors (Lipinski definition) is 0. The minimum atomic E-state index is -5.17. The summed E-state index contributed by atoms with van der Waals surface area (Å²) in [5, 5.41) is 52.6. The van der Waals surface area contributed by atoms with Crippen molar-refractivity contribution in [3.8, 4) is 75.1 Å². The van der Waals surface area contributed by atoms with E-state index in [9.17, 15) is 52.7 Å². The number of rotatable bonds is 5. The van der Waals surface area contributed by atoms with Gasteiger partial charge in [0.2, 0.25) is 0 Å². The molecule has 0 unspecified atom stereocenters. The SMILES string of the molecule is N#Cc1ccc(-c2ccc3c(c2)c2ccccc2n3-c2cc(-c3cc(C(F)(F)F)cc(C(F)(F)F)c3)c(-n3c4ccccc4c4cc(-c5ccc(C#N)cc5C#N)ccc43)cc2C#N)c(C#N)c1. The first-order valence-electron chi connectivity index (χ1n) is 20.6. The third kappa shape index (κ3) is 6.90. The molecule has 0 N–H and O–H groups in total. The van der Waals surface area contributed by atoms with Gasteiger partial charge in [0.1, 0.15) is 6.07 Å². The van der Waals surface area contributed by atoms with Crippen molar-refractivity contribution in [2.24, 2.45) is 0 Å². The average Bonchev–Trinajstić information content (AvgIpc) is 3.86.